The van der Waals surface area contributed by atoms with Gasteiger partial charge in [0.1, 0.15) is 6.61 Å². The zero-order valence-electron chi connectivity index (χ0n) is 10.1. The molecule has 0 aliphatic carbocycles. The van der Waals surface area contributed by atoms with Crippen LogP contribution >= 0.6 is 0 Å². The molecular formula is C15H12O4. The average Bonchev–Trinajstić information content (AvgIpc) is 2.48. The smallest absolute Gasteiger partial charge is 0.289 e. The Bertz CT molecular complexity index is 549. The van der Waals surface area contributed by atoms with E-state index in [0.717, 1.165) is 5.56 Å². The summed E-state index contributed by atoms with van der Waals surface area (Å²) in [5, 5.41) is 0. The lowest BCUT2D eigenvalue weighted by atomic mass is 10.1. The molecule has 2 rings (SSSR count). The monoisotopic (exact) mass is 256 g/mol. The first-order valence-electron chi connectivity index (χ1n) is 5.74. The highest BCUT2D eigenvalue weighted by atomic mass is 17.2. The van der Waals surface area contributed by atoms with E-state index in [4.69, 9.17) is 4.89 Å². The molecule has 96 valence electrons. The minimum Gasteiger partial charge on any atom is -0.289 e. The molecule has 0 heterocycles. The minimum atomic E-state index is -1.03. The van der Waals surface area contributed by atoms with Crippen molar-refractivity contribution in [2.24, 2.45) is 0 Å². The van der Waals surface area contributed by atoms with Crippen molar-refractivity contribution in [1.82, 2.24) is 0 Å². The number of Topliss-reactive ketones (excluding diaryl/α,β-unsaturated/α-hetero) is 1. The van der Waals surface area contributed by atoms with Gasteiger partial charge in [0.05, 0.1) is 0 Å². The second-order valence-corrected chi connectivity index (χ2v) is 3.81. The molecule has 0 bridgehead atoms. The first-order chi connectivity index (χ1) is 9.27. The zero-order valence-corrected chi connectivity index (χ0v) is 10.1. The lowest BCUT2D eigenvalue weighted by Gasteiger charge is -2.03. The maximum absolute atomic E-state index is 11.6. The molecular weight excluding hydrogens is 244 g/mol. The van der Waals surface area contributed by atoms with Gasteiger partial charge in [-0.25, -0.2) is 4.79 Å². The third-order valence-corrected chi connectivity index (χ3v) is 2.42. The summed E-state index contributed by atoms with van der Waals surface area (Å²) >= 11 is 0. The normalized spacial score (nSPS) is 9.89. The summed E-state index contributed by atoms with van der Waals surface area (Å²) in [6.45, 7) is 0.106. The van der Waals surface area contributed by atoms with Gasteiger partial charge in [0.2, 0.25) is 0 Å². The maximum atomic E-state index is 11.6. The lowest BCUT2D eigenvalue weighted by Crippen LogP contribution is -2.17. The summed E-state index contributed by atoms with van der Waals surface area (Å²) in [6.07, 6.45) is 0. The molecule has 0 radical (unpaired) electrons. The zero-order chi connectivity index (χ0) is 13.5. The van der Waals surface area contributed by atoms with Crippen LogP contribution in [0.2, 0.25) is 0 Å². The molecule has 0 unspecified atom stereocenters. The molecule has 0 fully saturated rings. The number of carbonyl (C=O) groups excluding carboxylic acids is 2. The first kappa shape index (κ1) is 13.0. The Morgan fingerprint density at radius 2 is 1.42 bits per heavy atom. The minimum absolute atomic E-state index is 0.106. The molecule has 0 spiro atoms. The van der Waals surface area contributed by atoms with Gasteiger partial charge in [-0.1, -0.05) is 60.7 Å². The Balaban J connectivity index is 1.84. The Kier molecular flexibility index (Phi) is 4.42. The highest BCUT2D eigenvalue weighted by molar-refractivity contribution is 6.40. The number of rotatable bonds is 5. The van der Waals surface area contributed by atoms with E-state index in [1.54, 1.807) is 30.3 Å². The van der Waals surface area contributed by atoms with Gasteiger partial charge in [-0.2, -0.15) is 4.89 Å². The lowest BCUT2D eigenvalue weighted by molar-refractivity contribution is -0.274. The highest BCUT2D eigenvalue weighted by Crippen LogP contribution is 2.04. The van der Waals surface area contributed by atoms with Gasteiger partial charge >= 0.3 is 5.97 Å². The number of hydrogen-bond acceptors (Lipinski definition) is 4. The third-order valence-electron chi connectivity index (χ3n) is 2.42. The summed E-state index contributed by atoms with van der Waals surface area (Å²) in [4.78, 5) is 32.3. The number of ketones is 1. The van der Waals surface area contributed by atoms with Crippen LogP contribution in [0.4, 0.5) is 0 Å². The molecule has 19 heavy (non-hydrogen) atoms. The van der Waals surface area contributed by atoms with E-state index in [1.165, 1.54) is 0 Å². The molecule has 0 saturated heterocycles. The van der Waals surface area contributed by atoms with Crippen molar-refractivity contribution in [3.05, 3.63) is 71.8 Å². The summed E-state index contributed by atoms with van der Waals surface area (Å²) < 4.78 is 0. The second kappa shape index (κ2) is 6.47. The Morgan fingerprint density at radius 3 is 2.05 bits per heavy atom. The van der Waals surface area contributed by atoms with Crippen LogP contribution in [-0.2, 0) is 21.2 Å². The van der Waals surface area contributed by atoms with Gasteiger partial charge < -0.3 is 0 Å². The topological polar surface area (TPSA) is 52.6 Å². The molecule has 0 aliphatic heterocycles. The van der Waals surface area contributed by atoms with Crippen LogP contribution < -0.4 is 0 Å². The van der Waals surface area contributed by atoms with Gasteiger partial charge in [0.25, 0.3) is 5.78 Å². The average molecular weight is 256 g/mol. The SMILES string of the molecule is O=C(OOCc1ccccc1)C(=O)c1ccccc1. The van der Waals surface area contributed by atoms with E-state index in [1.807, 2.05) is 30.3 Å². The van der Waals surface area contributed by atoms with E-state index in [9.17, 15) is 9.59 Å². The molecule has 4 nitrogen and oxygen atoms in total. The molecule has 2 aromatic rings. The Morgan fingerprint density at radius 1 is 0.842 bits per heavy atom. The van der Waals surface area contributed by atoms with Crippen molar-refractivity contribution in [3.8, 4) is 0 Å². The fourth-order valence-electron chi connectivity index (χ4n) is 1.47. The fourth-order valence-corrected chi connectivity index (χ4v) is 1.47. The molecule has 0 aromatic heterocycles. The molecule has 0 aliphatic rings. The predicted octanol–water partition coefficient (Wildman–Crippen LogP) is 2.54. The van der Waals surface area contributed by atoms with Gasteiger partial charge in [-0.05, 0) is 5.56 Å². The third kappa shape index (κ3) is 3.76. The van der Waals surface area contributed by atoms with Crippen LogP contribution in [0.1, 0.15) is 15.9 Å². The van der Waals surface area contributed by atoms with E-state index in [-0.39, 0.29) is 12.2 Å². The van der Waals surface area contributed by atoms with Crippen molar-refractivity contribution >= 4 is 11.8 Å². The first-order valence-corrected chi connectivity index (χ1v) is 5.74. The van der Waals surface area contributed by atoms with E-state index >= 15 is 0 Å². The van der Waals surface area contributed by atoms with Gasteiger partial charge in [-0.15, -0.1) is 0 Å². The molecule has 0 amide bonds. The summed E-state index contributed by atoms with van der Waals surface area (Å²) in [6, 6.07) is 17.4. The van der Waals surface area contributed by atoms with E-state index < -0.39 is 11.8 Å². The van der Waals surface area contributed by atoms with Crippen molar-refractivity contribution in [3.63, 3.8) is 0 Å². The van der Waals surface area contributed by atoms with Crippen molar-refractivity contribution in [2.75, 3.05) is 0 Å². The number of hydrogen-bond donors (Lipinski definition) is 0. The molecule has 0 saturated carbocycles. The summed E-state index contributed by atoms with van der Waals surface area (Å²) in [5.74, 6) is -1.75. The summed E-state index contributed by atoms with van der Waals surface area (Å²) in [5.41, 5.74) is 1.12. The van der Waals surface area contributed by atoms with Crippen LogP contribution in [0.25, 0.3) is 0 Å². The Hall–Kier alpha value is -2.46. The number of carbonyl (C=O) groups is 2. The van der Waals surface area contributed by atoms with E-state index in [0.29, 0.717) is 0 Å². The van der Waals surface area contributed by atoms with Crippen LogP contribution in [0.3, 0.4) is 0 Å². The van der Waals surface area contributed by atoms with Crippen LogP contribution in [0.5, 0.6) is 0 Å². The molecule has 2 aromatic carbocycles. The standard InChI is InChI=1S/C15H12O4/c16-14(13-9-5-2-6-10-13)15(17)19-18-11-12-7-3-1-4-8-12/h1-10H,11H2. The second-order valence-electron chi connectivity index (χ2n) is 3.81. The fraction of sp³-hybridized carbons (Fsp3) is 0.0667. The van der Waals surface area contributed by atoms with Crippen molar-refractivity contribution in [1.29, 1.82) is 0 Å². The largest absolute Gasteiger partial charge is 0.413 e. The van der Waals surface area contributed by atoms with E-state index in [2.05, 4.69) is 4.89 Å². The van der Waals surface area contributed by atoms with Gasteiger partial charge in [-0.3, -0.25) is 9.68 Å². The van der Waals surface area contributed by atoms with Crippen molar-refractivity contribution < 1.29 is 19.4 Å². The predicted molar refractivity (Wildman–Crippen MR) is 68.1 cm³/mol. The van der Waals surface area contributed by atoms with Gasteiger partial charge in [0.15, 0.2) is 0 Å². The molecule has 0 atom stereocenters. The quantitative estimate of drug-likeness (QED) is 0.357. The van der Waals surface area contributed by atoms with Crippen LogP contribution in [-0.4, -0.2) is 11.8 Å². The van der Waals surface area contributed by atoms with Crippen molar-refractivity contribution in [2.45, 2.75) is 6.61 Å². The number of benzene rings is 2. The van der Waals surface area contributed by atoms with Crippen LogP contribution in [0.15, 0.2) is 60.7 Å². The van der Waals surface area contributed by atoms with Gasteiger partial charge in [0, 0.05) is 5.56 Å². The molecule has 4 heteroatoms. The van der Waals surface area contributed by atoms with Crippen LogP contribution in [0, 0.1) is 0 Å². The maximum Gasteiger partial charge on any atom is 0.413 e. The highest BCUT2D eigenvalue weighted by Gasteiger charge is 2.18. The molecule has 0 N–H and O–H groups in total. The summed E-state index contributed by atoms with van der Waals surface area (Å²) in [7, 11) is 0. The Labute approximate surface area is 110 Å².